The lowest BCUT2D eigenvalue weighted by Crippen LogP contribution is -2.46. The minimum Gasteiger partial charge on any atom is -0.462 e. The number of ether oxygens (including phenoxy) is 1. The number of hydrogen-bond acceptors (Lipinski definition) is 5. The first kappa shape index (κ1) is 16.5. The van der Waals surface area contributed by atoms with Crippen LogP contribution in [-0.2, 0) is 11.3 Å². The van der Waals surface area contributed by atoms with Gasteiger partial charge in [0.05, 0.1) is 12.3 Å². The lowest BCUT2D eigenvalue weighted by Gasteiger charge is -2.35. The van der Waals surface area contributed by atoms with Gasteiger partial charge in [-0.05, 0) is 19.4 Å². The maximum atomic E-state index is 12.2. The van der Waals surface area contributed by atoms with Crippen LogP contribution in [0, 0.1) is 6.92 Å². The number of aromatic nitrogens is 2. The van der Waals surface area contributed by atoms with Gasteiger partial charge in [0, 0.05) is 32.7 Å². The van der Waals surface area contributed by atoms with Gasteiger partial charge >= 0.3 is 5.97 Å². The van der Waals surface area contributed by atoms with Crippen molar-refractivity contribution in [3.8, 4) is 0 Å². The number of piperazine rings is 1. The molecular weight excluding hydrogens is 304 g/mol. The summed E-state index contributed by atoms with van der Waals surface area (Å²) in [7, 11) is 0. The van der Waals surface area contributed by atoms with Crippen LogP contribution in [0.1, 0.15) is 28.5 Å². The van der Waals surface area contributed by atoms with Crippen LogP contribution < -0.4 is 4.90 Å². The van der Waals surface area contributed by atoms with E-state index in [-0.39, 0.29) is 5.97 Å². The number of aromatic amines is 1. The number of carbonyl (C=O) groups excluding carboxylic acids is 1. The fourth-order valence-corrected chi connectivity index (χ4v) is 3.07. The summed E-state index contributed by atoms with van der Waals surface area (Å²) in [6, 6.07) is 10.5. The Hall–Kier alpha value is -2.34. The predicted octanol–water partition coefficient (Wildman–Crippen LogP) is 2.22. The van der Waals surface area contributed by atoms with E-state index >= 15 is 0 Å². The Labute approximate surface area is 142 Å². The monoisotopic (exact) mass is 328 g/mol. The number of nitrogens with zero attached hydrogens (tertiary/aromatic N) is 3. The van der Waals surface area contributed by atoms with Crippen LogP contribution in [0.4, 0.5) is 5.82 Å². The van der Waals surface area contributed by atoms with Gasteiger partial charge in [-0.25, -0.2) is 4.79 Å². The van der Waals surface area contributed by atoms with Gasteiger partial charge in [0.15, 0.2) is 0 Å². The van der Waals surface area contributed by atoms with E-state index in [1.807, 2.05) is 19.9 Å². The summed E-state index contributed by atoms with van der Waals surface area (Å²) < 4.78 is 5.16. The molecule has 0 atom stereocenters. The van der Waals surface area contributed by atoms with Crippen molar-refractivity contribution in [2.45, 2.75) is 20.4 Å². The molecule has 0 saturated carbocycles. The second-order valence-corrected chi connectivity index (χ2v) is 6.00. The third kappa shape index (κ3) is 3.59. The molecule has 0 aliphatic carbocycles. The van der Waals surface area contributed by atoms with E-state index in [4.69, 9.17) is 4.74 Å². The number of benzene rings is 1. The number of hydrogen-bond donors (Lipinski definition) is 1. The maximum Gasteiger partial charge on any atom is 0.343 e. The van der Waals surface area contributed by atoms with E-state index in [1.54, 1.807) is 0 Å². The molecule has 6 heteroatoms. The van der Waals surface area contributed by atoms with Crippen molar-refractivity contribution in [3.63, 3.8) is 0 Å². The van der Waals surface area contributed by atoms with Crippen molar-refractivity contribution >= 4 is 11.8 Å². The minimum absolute atomic E-state index is 0.300. The minimum atomic E-state index is -0.300. The normalized spacial score (nSPS) is 15.5. The highest BCUT2D eigenvalue weighted by Crippen LogP contribution is 2.23. The molecular formula is C18H24N4O2. The van der Waals surface area contributed by atoms with Crippen LogP contribution in [0.25, 0.3) is 0 Å². The second-order valence-electron chi connectivity index (χ2n) is 6.00. The fourth-order valence-electron chi connectivity index (χ4n) is 3.07. The molecule has 0 amide bonds. The molecule has 6 nitrogen and oxygen atoms in total. The number of esters is 1. The predicted molar refractivity (Wildman–Crippen MR) is 93.2 cm³/mol. The van der Waals surface area contributed by atoms with E-state index in [0.717, 1.165) is 38.5 Å². The summed E-state index contributed by atoms with van der Waals surface area (Å²) in [4.78, 5) is 16.8. The lowest BCUT2D eigenvalue weighted by molar-refractivity contribution is 0.0526. The Morgan fingerprint density at radius 2 is 1.92 bits per heavy atom. The maximum absolute atomic E-state index is 12.2. The first-order chi connectivity index (χ1) is 11.7. The summed E-state index contributed by atoms with van der Waals surface area (Å²) in [5, 5.41) is 7.20. The summed E-state index contributed by atoms with van der Waals surface area (Å²) in [5.41, 5.74) is 2.58. The quantitative estimate of drug-likeness (QED) is 0.853. The standard InChI is InChI=1S/C18H24N4O2/c1-3-24-18(23)16-14(2)19-20-17(16)22-11-9-21(10-12-22)13-15-7-5-4-6-8-15/h4-8H,3,9-13H2,1-2H3,(H,19,20). The highest BCUT2D eigenvalue weighted by molar-refractivity contribution is 5.96. The van der Waals surface area contributed by atoms with Gasteiger partial charge in [0.25, 0.3) is 0 Å². The molecule has 1 fully saturated rings. The summed E-state index contributed by atoms with van der Waals surface area (Å²) >= 11 is 0. The molecule has 0 spiro atoms. The molecule has 1 aliphatic rings. The fraction of sp³-hybridized carbons (Fsp3) is 0.444. The zero-order valence-electron chi connectivity index (χ0n) is 14.3. The first-order valence-electron chi connectivity index (χ1n) is 8.42. The summed E-state index contributed by atoms with van der Waals surface area (Å²) in [6.45, 7) is 8.61. The Morgan fingerprint density at radius 3 is 2.58 bits per heavy atom. The number of nitrogens with one attached hydrogen (secondary N) is 1. The average Bonchev–Trinajstić information content (AvgIpc) is 2.98. The zero-order chi connectivity index (χ0) is 16.9. The van der Waals surface area contributed by atoms with Crippen molar-refractivity contribution in [2.75, 3.05) is 37.7 Å². The van der Waals surface area contributed by atoms with Gasteiger partial charge in [-0.3, -0.25) is 10.00 Å². The van der Waals surface area contributed by atoms with Crippen molar-refractivity contribution in [1.82, 2.24) is 15.1 Å². The van der Waals surface area contributed by atoms with Crippen LogP contribution >= 0.6 is 0 Å². The van der Waals surface area contributed by atoms with E-state index < -0.39 is 0 Å². The number of rotatable bonds is 5. The summed E-state index contributed by atoms with van der Waals surface area (Å²) in [6.07, 6.45) is 0. The molecule has 0 radical (unpaired) electrons. The largest absolute Gasteiger partial charge is 0.462 e. The molecule has 24 heavy (non-hydrogen) atoms. The van der Waals surface area contributed by atoms with E-state index in [2.05, 4.69) is 44.3 Å². The molecule has 128 valence electrons. The number of H-pyrrole nitrogens is 1. The number of carbonyl (C=O) groups is 1. The molecule has 2 aromatic rings. The van der Waals surface area contributed by atoms with Crippen molar-refractivity contribution < 1.29 is 9.53 Å². The molecule has 1 saturated heterocycles. The Morgan fingerprint density at radius 1 is 1.21 bits per heavy atom. The molecule has 1 aromatic heterocycles. The smallest absolute Gasteiger partial charge is 0.343 e. The Balaban J connectivity index is 1.64. The van der Waals surface area contributed by atoms with Crippen molar-refractivity contribution in [2.24, 2.45) is 0 Å². The second kappa shape index (κ2) is 7.49. The first-order valence-corrected chi connectivity index (χ1v) is 8.42. The Bertz CT molecular complexity index is 676. The van der Waals surface area contributed by atoms with Crippen molar-refractivity contribution in [1.29, 1.82) is 0 Å². The van der Waals surface area contributed by atoms with Gasteiger partial charge in [0.1, 0.15) is 11.4 Å². The van der Waals surface area contributed by atoms with Crippen molar-refractivity contribution in [3.05, 3.63) is 47.2 Å². The highest BCUT2D eigenvalue weighted by atomic mass is 16.5. The molecule has 1 aromatic carbocycles. The van der Waals surface area contributed by atoms with Crippen LogP contribution in [0.3, 0.4) is 0 Å². The third-order valence-electron chi connectivity index (χ3n) is 4.35. The molecule has 0 unspecified atom stereocenters. The molecule has 1 N–H and O–H groups in total. The van der Waals surface area contributed by atoms with Crippen LogP contribution in [0.2, 0.25) is 0 Å². The topological polar surface area (TPSA) is 61.5 Å². The lowest BCUT2D eigenvalue weighted by atomic mass is 10.2. The average molecular weight is 328 g/mol. The number of aryl methyl sites for hydroxylation is 1. The third-order valence-corrected chi connectivity index (χ3v) is 4.35. The van der Waals surface area contributed by atoms with Gasteiger partial charge < -0.3 is 9.64 Å². The van der Waals surface area contributed by atoms with Crippen LogP contribution in [-0.4, -0.2) is 53.9 Å². The Kier molecular flexibility index (Phi) is 5.15. The zero-order valence-corrected chi connectivity index (χ0v) is 14.3. The molecule has 0 bridgehead atoms. The van der Waals surface area contributed by atoms with Crippen LogP contribution in [0.5, 0.6) is 0 Å². The van der Waals surface area contributed by atoms with Crippen LogP contribution in [0.15, 0.2) is 30.3 Å². The molecule has 1 aliphatic heterocycles. The highest BCUT2D eigenvalue weighted by Gasteiger charge is 2.26. The van der Waals surface area contributed by atoms with E-state index in [1.165, 1.54) is 5.56 Å². The van der Waals surface area contributed by atoms with E-state index in [9.17, 15) is 4.79 Å². The molecule has 3 rings (SSSR count). The van der Waals surface area contributed by atoms with Gasteiger partial charge in [-0.15, -0.1) is 0 Å². The molecule has 2 heterocycles. The van der Waals surface area contributed by atoms with Gasteiger partial charge in [0.2, 0.25) is 0 Å². The summed E-state index contributed by atoms with van der Waals surface area (Å²) in [5.74, 6) is 0.482. The van der Waals surface area contributed by atoms with Gasteiger partial charge in [-0.1, -0.05) is 30.3 Å². The number of anilines is 1. The van der Waals surface area contributed by atoms with E-state index in [0.29, 0.717) is 17.9 Å². The SMILES string of the molecule is CCOC(=O)c1c(C)n[nH]c1N1CCN(Cc2ccccc2)CC1. The van der Waals surface area contributed by atoms with Gasteiger partial charge in [-0.2, -0.15) is 5.10 Å².